The van der Waals surface area contributed by atoms with Gasteiger partial charge in [0.05, 0.1) is 6.54 Å². The topological polar surface area (TPSA) is 52.6 Å². The molecular formula is C13H22N2O2. The molecule has 96 valence electrons. The number of aliphatic hydroxyl groups excluding tert-OH is 1. The molecule has 1 fully saturated rings. The van der Waals surface area contributed by atoms with Crippen LogP contribution in [-0.4, -0.2) is 48.7 Å². The summed E-state index contributed by atoms with van der Waals surface area (Å²) in [6.45, 7) is 5.06. The lowest BCUT2D eigenvalue weighted by atomic mass is 9.96. The van der Waals surface area contributed by atoms with Gasteiger partial charge in [-0.1, -0.05) is 12.8 Å². The molecule has 1 rings (SSSR count). The van der Waals surface area contributed by atoms with E-state index < -0.39 is 0 Å². The summed E-state index contributed by atoms with van der Waals surface area (Å²) in [5.41, 5.74) is 0. The number of terminal acetylenes is 1. The highest BCUT2D eigenvalue weighted by molar-refractivity contribution is 5.78. The van der Waals surface area contributed by atoms with Gasteiger partial charge >= 0.3 is 0 Å². The maximum atomic E-state index is 11.8. The number of carbonyl (C=O) groups is 1. The molecule has 2 N–H and O–H groups in total. The Morgan fingerprint density at radius 1 is 1.59 bits per heavy atom. The molecule has 0 aromatic rings. The molecule has 0 radical (unpaired) electrons. The number of amides is 1. The molecule has 1 heterocycles. The van der Waals surface area contributed by atoms with Crippen molar-refractivity contribution >= 4 is 5.91 Å². The van der Waals surface area contributed by atoms with E-state index in [-0.39, 0.29) is 24.3 Å². The van der Waals surface area contributed by atoms with Crippen LogP contribution in [0.5, 0.6) is 0 Å². The molecule has 4 heteroatoms. The lowest BCUT2D eigenvalue weighted by Crippen LogP contribution is -2.41. The minimum atomic E-state index is 0.106. The molecule has 1 saturated heterocycles. The predicted octanol–water partition coefficient (Wildman–Crippen LogP) is 0.0762. The van der Waals surface area contributed by atoms with Crippen LogP contribution in [0.25, 0.3) is 0 Å². The van der Waals surface area contributed by atoms with Gasteiger partial charge in [0.15, 0.2) is 0 Å². The molecule has 0 aliphatic carbocycles. The molecule has 0 aromatic carbocycles. The van der Waals surface area contributed by atoms with Crippen LogP contribution in [-0.2, 0) is 4.79 Å². The molecular weight excluding hydrogens is 216 g/mol. The number of likely N-dealkylation sites (tertiary alicyclic amines) is 1. The van der Waals surface area contributed by atoms with E-state index in [1.54, 1.807) is 0 Å². The summed E-state index contributed by atoms with van der Waals surface area (Å²) in [5, 5.41) is 11.8. The van der Waals surface area contributed by atoms with Crippen LogP contribution in [0, 0.1) is 24.2 Å². The zero-order valence-corrected chi connectivity index (χ0v) is 10.5. The number of nitrogens with one attached hydrogen (secondary N) is 1. The van der Waals surface area contributed by atoms with E-state index in [9.17, 15) is 4.79 Å². The van der Waals surface area contributed by atoms with Gasteiger partial charge in [0.1, 0.15) is 0 Å². The van der Waals surface area contributed by atoms with Crippen LogP contribution in [0.2, 0.25) is 0 Å². The second-order valence-electron chi connectivity index (χ2n) is 4.79. The smallest absolute Gasteiger partial charge is 0.223 e. The molecule has 1 unspecified atom stereocenters. The van der Waals surface area contributed by atoms with Crippen molar-refractivity contribution in [1.29, 1.82) is 0 Å². The van der Waals surface area contributed by atoms with E-state index in [0.29, 0.717) is 13.1 Å². The van der Waals surface area contributed by atoms with E-state index in [0.717, 1.165) is 25.9 Å². The Hall–Kier alpha value is -1.05. The first-order chi connectivity index (χ1) is 8.17. The van der Waals surface area contributed by atoms with Gasteiger partial charge in [-0.3, -0.25) is 9.69 Å². The van der Waals surface area contributed by atoms with Crippen molar-refractivity contribution in [3.8, 4) is 12.3 Å². The van der Waals surface area contributed by atoms with Crippen LogP contribution < -0.4 is 5.32 Å². The van der Waals surface area contributed by atoms with Crippen molar-refractivity contribution in [2.45, 2.75) is 19.8 Å². The highest BCUT2D eigenvalue weighted by Crippen LogP contribution is 2.16. The van der Waals surface area contributed by atoms with Gasteiger partial charge in [-0.25, -0.2) is 0 Å². The first-order valence-corrected chi connectivity index (χ1v) is 6.21. The Kier molecular flexibility index (Phi) is 6.03. The summed E-state index contributed by atoms with van der Waals surface area (Å²) in [7, 11) is 0. The molecule has 0 saturated carbocycles. The van der Waals surface area contributed by atoms with Crippen molar-refractivity contribution in [1.82, 2.24) is 10.2 Å². The average Bonchev–Trinajstić information content (AvgIpc) is 2.36. The Morgan fingerprint density at radius 2 is 2.24 bits per heavy atom. The molecule has 0 bridgehead atoms. The Bertz CT molecular complexity index is 278. The summed E-state index contributed by atoms with van der Waals surface area (Å²) in [6, 6.07) is 0. The van der Waals surface area contributed by atoms with Crippen LogP contribution in [0.1, 0.15) is 19.8 Å². The fourth-order valence-electron chi connectivity index (χ4n) is 1.97. The lowest BCUT2D eigenvalue weighted by Gasteiger charge is -2.30. The van der Waals surface area contributed by atoms with Crippen molar-refractivity contribution in [2.24, 2.45) is 11.8 Å². The second-order valence-corrected chi connectivity index (χ2v) is 4.79. The summed E-state index contributed by atoms with van der Waals surface area (Å²) in [5.74, 6) is 2.97. The van der Waals surface area contributed by atoms with Crippen LogP contribution >= 0.6 is 0 Å². The van der Waals surface area contributed by atoms with E-state index >= 15 is 0 Å². The van der Waals surface area contributed by atoms with Crippen LogP contribution in [0.4, 0.5) is 0 Å². The summed E-state index contributed by atoms with van der Waals surface area (Å²) in [4.78, 5) is 14.0. The fourth-order valence-corrected chi connectivity index (χ4v) is 1.97. The van der Waals surface area contributed by atoms with E-state index in [1.165, 1.54) is 0 Å². The fraction of sp³-hybridized carbons (Fsp3) is 0.769. The normalized spacial score (nSPS) is 19.6. The SMILES string of the molecule is C#CCN1CCC(C(=O)NCC(C)CO)CC1. The molecule has 1 aliphatic heterocycles. The largest absolute Gasteiger partial charge is 0.396 e. The van der Waals surface area contributed by atoms with Crippen molar-refractivity contribution in [3.63, 3.8) is 0 Å². The molecule has 4 nitrogen and oxygen atoms in total. The zero-order valence-electron chi connectivity index (χ0n) is 10.5. The highest BCUT2D eigenvalue weighted by Gasteiger charge is 2.24. The number of hydrogen-bond donors (Lipinski definition) is 2. The maximum Gasteiger partial charge on any atom is 0.223 e. The number of aliphatic hydroxyl groups is 1. The van der Waals surface area contributed by atoms with E-state index in [1.807, 2.05) is 6.92 Å². The monoisotopic (exact) mass is 238 g/mol. The maximum absolute atomic E-state index is 11.8. The van der Waals surface area contributed by atoms with E-state index in [4.69, 9.17) is 11.5 Å². The molecule has 1 aliphatic rings. The van der Waals surface area contributed by atoms with Crippen LogP contribution in [0.3, 0.4) is 0 Å². The number of piperidine rings is 1. The molecule has 1 amide bonds. The third-order valence-corrected chi connectivity index (χ3v) is 3.21. The van der Waals surface area contributed by atoms with Gasteiger partial charge in [-0.15, -0.1) is 6.42 Å². The number of hydrogen-bond acceptors (Lipinski definition) is 3. The van der Waals surface area contributed by atoms with Crippen molar-refractivity contribution in [2.75, 3.05) is 32.8 Å². The first-order valence-electron chi connectivity index (χ1n) is 6.21. The van der Waals surface area contributed by atoms with Gasteiger partial charge in [0, 0.05) is 19.1 Å². The van der Waals surface area contributed by atoms with Gasteiger partial charge in [-0.05, 0) is 31.8 Å². The summed E-state index contributed by atoms with van der Waals surface area (Å²) < 4.78 is 0. The van der Waals surface area contributed by atoms with Crippen molar-refractivity contribution in [3.05, 3.63) is 0 Å². The summed E-state index contributed by atoms with van der Waals surface area (Å²) >= 11 is 0. The van der Waals surface area contributed by atoms with Gasteiger partial charge in [-0.2, -0.15) is 0 Å². The first kappa shape index (κ1) is 14.0. The molecule has 1 atom stereocenters. The predicted molar refractivity (Wildman–Crippen MR) is 67.3 cm³/mol. The molecule has 0 spiro atoms. The standard InChI is InChI=1S/C13H22N2O2/c1-3-6-15-7-4-12(5-8-15)13(17)14-9-11(2)10-16/h1,11-12,16H,4-10H2,2H3,(H,14,17). The highest BCUT2D eigenvalue weighted by atomic mass is 16.3. The van der Waals surface area contributed by atoms with Gasteiger partial charge < -0.3 is 10.4 Å². The van der Waals surface area contributed by atoms with Gasteiger partial charge in [0.2, 0.25) is 5.91 Å². The summed E-state index contributed by atoms with van der Waals surface area (Å²) in [6.07, 6.45) is 7.01. The minimum absolute atomic E-state index is 0.106. The number of carbonyl (C=O) groups excluding carboxylic acids is 1. The average molecular weight is 238 g/mol. The van der Waals surface area contributed by atoms with Crippen LogP contribution in [0.15, 0.2) is 0 Å². The second kappa shape index (κ2) is 7.31. The number of nitrogens with zero attached hydrogens (tertiary/aromatic N) is 1. The Labute approximate surface area is 103 Å². The number of rotatable bonds is 5. The molecule has 0 aromatic heterocycles. The molecule has 17 heavy (non-hydrogen) atoms. The Morgan fingerprint density at radius 3 is 2.76 bits per heavy atom. The Balaban J connectivity index is 2.24. The van der Waals surface area contributed by atoms with Crippen molar-refractivity contribution < 1.29 is 9.90 Å². The zero-order chi connectivity index (χ0) is 12.7. The quantitative estimate of drug-likeness (QED) is 0.667. The minimum Gasteiger partial charge on any atom is -0.396 e. The van der Waals surface area contributed by atoms with Gasteiger partial charge in [0.25, 0.3) is 0 Å². The third-order valence-electron chi connectivity index (χ3n) is 3.21. The lowest BCUT2D eigenvalue weighted by molar-refractivity contribution is -0.126. The third kappa shape index (κ3) is 4.76. The van der Waals surface area contributed by atoms with E-state index in [2.05, 4.69) is 16.1 Å².